The van der Waals surface area contributed by atoms with Gasteiger partial charge in [0.05, 0.1) is 15.7 Å². The first-order valence-electron chi connectivity index (χ1n) is 7.28. The van der Waals surface area contributed by atoms with Crippen LogP contribution in [0.1, 0.15) is 29.6 Å². The Hall–Kier alpha value is -1.14. The molecule has 2 fully saturated rings. The summed E-state index contributed by atoms with van der Waals surface area (Å²) in [4.78, 5) is 15.6. The molecule has 2 heterocycles. The van der Waals surface area contributed by atoms with E-state index in [0.29, 0.717) is 11.7 Å². The van der Waals surface area contributed by atoms with Crippen molar-refractivity contribution >= 4 is 27.6 Å². The highest BCUT2D eigenvalue weighted by molar-refractivity contribution is 9.10. The number of benzene rings is 1. The van der Waals surface area contributed by atoms with E-state index in [2.05, 4.69) is 20.8 Å². The summed E-state index contributed by atoms with van der Waals surface area (Å²) in [5.41, 5.74) is 0.463. The Bertz CT molecular complexity index is 567. The molecule has 0 saturated carbocycles. The molecule has 0 aromatic heterocycles. The second-order valence-electron chi connectivity index (χ2n) is 5.70. The molecule has 1 aromatic rings. The second-order valence-corrected chi connectivity index (χ2v) is 6.49. The number of fused-ring (bicyclic) bond motifs is 1. The summed E-state index contributed by atoms with van der Waals surface area (Å²) in [6.45, 7) is 3.69. The highest BCUT2D eigenvalue weighted by Crippen LogP contribution is 2.32. The van der Waals surface area contributed by atoms with Gasteiger partial charge in [-0.25, -0.2) is 9.18 Å². The normalized spacial score (nSPS) is 23.0. The molecule has 114 valence electrons. The van der Waals surface area contributed by atoms with Crippen LogP contribution in [0.5, 0.6) is 0 Å². The number of carboxylic acids is 1. The zero-order valence-corrected chi connectivity index (χ0v) is 13.3. The van der Waals surface area contributed by atoms with Crippen molar-refractivity contribution in [3.05, 3.63) is 28.0 Å². The molecule has 6 heteroatoms. The Balaban J connectivity index is 1.84. The summed E-state index contributed by atoms with van der Waals surface area (Å²) >= 11 is 3.07. The van der Waals surface area contributed by atoms with E-state index < -0.39 is 11.8 Å². The fourth-order valence-electron chi connectivity index (χ4n) is 3.32. The van der Waals surface area contributed by atoms with E-state index in [1.54, 1.807) is 6.07 Å². The van der Waals surface area contributed by atoms with Crippen molar-refractivity contribution in [3.8, 4) is 0 Å². The predicted molar refractivity (Wildman–Crippen MR) is 82.5 cm³/mol. The fourth-order valence-corrected chi connectivity index (χ4v) is 3.83. The smallest absolute Gasteiger partial charge is 0.336 e. The lowest BCUT2D eigenvalue weighted by Crippen LogP contribution is -2.55. The zero-order chi connectivity index (χ0) is 15.0. The minimum Gasteiger partial charge on any atom is -0.478 e. The molecule has 0 spiro atoms. The number of hydrogen-bond donors (Lipinski definition) is 1. The monoisotopic (exact) mass is 356 g/mol. The van der Waals surface area contributed by atoms with Gasteiger partial charge >= 0.3 is 5.97 Å². The summed E-state index contributed by atoms with van der Waals surface area (Å²) in [6, 6.07) is 3.55. The van der Waals surface area contributed by atoms with Gasteiger partial charge in [-0.3, -0.25) is 4.90 Å². The van der Waals surface area contributed by atoms with Crippen molar-refractivity contribution in [2.45, 2.75) is 25.3 Å². The molecule has 0 bridgehead atoms. The minimum atomic E-state index is -1.12. The summed E-state index contributed by atoms with van der Waals surface area (Å²) in [7, 11) is 0. The lowest BCUT2D eigenvalue weighted by Gasteiger charge is -2.45. The number of piperazine rings is 1. The third-order valence-electron chi connectivity index (χ3n) is 4.47. The highest BCUT2D eigenvalue weighted by Gasteiger charge is 2.30. The maximum absolute atomic E-state index is 14.5. The molecule has 4 nitrogen and oxygen atoms in total. The Morgan fingerprint density at radius 3 is 2.86 bits per heavy atom. The van der Waals surface area contributed by atoms with E-state index in [4.69, 9.17) is 5.11 Å². The van der Waals surface area contributed by atoms with Gasteiger partial charge in [-0.1, -0.05) is 6.42 Å². The molecule has 0 aliphatic carbocycles. The van der Waals surface area contributed by atoms with E-state index in [1.807, 2.05) is 4.90 Å². The van der Waals surface area contributed by atoms with Gasteiger partial charge in [-0.2, -0.15) is 0 Å². The van der Waals surface area contributed by atoms with Crippen LogP contribution in [0.2, 0.25) is 0 Å². The van der Waals surface area contributed by atoms with E-state index in [-0.39, 0.29) is 10.0 Å². The summed E-state index contributed by atoms with van der Waals surface area (Å²) in [5, 5.41) is 9.03. The van der Waals surface area contributed by atoms with Crippen molar-refractivity contribution in [1.29, 1.82) is 0 Å². The van der Waals surface area contributed by atoms with Crippen LogP contribution in [0, 0.1) is 5.82 Å². The van der Waals surface area contributed by atoms with Crippen LogP contribution in [0.3, 0.4) is 0 Å². The van der Waals surface area contributed by atoms with E-state index in [1.165, 1.54) is 18.9 Å². The number of piperidine rings is 1. The van der Waals surface area contributed by atoms with Crippen LogP contribution < -0.4 is 4.90 Å². The lowest BCUT2D eigenvalue weighted by molar-refractivity contribution is 0.0695. The first-order valence-corrected chi connectivity index (χ1v) is 8.07. The third kappa shape index (κ3) is 2.79. The molecular formula is C15H18BrFN2O2. The van der Waals surface area contributed by atoms with Gasteiger partial charge in [0.1, 0.15) is 0 Å². The molecule has 1 atom stereocenters. The standard InChI is InChI=1S/C15H18BrFN2O2/c16-13-11(15(20)21)4-5-12(14(13)17)19-8-7-18-6-2-1-3-10(18)9-19/h4-5,10H,1-3,6-9H2,(H,20,21). The van der Waals surface area contributed by atoms with Crippen LogP contribution >= 0.6 is 15.9 Å². The SMILES string of the molecule is O=C(O)c1ccc(N2CCN3CCCCC3C2)c(F)c1Br. The van der Waals surface area contributed by atoms with Gasteiger partial charge in [0.15, 0.2) is 5.82 Å². The summed E-state index contributed by atoms with van der Waals surface area (Å²) in [5.74, 6) is -1.59. The van der Waals surface area contributed by atoms with Gasteiger partial charge in [0.2, 0.25) is 0 Å². The molecular weight excluding hydrogens is 339 g/mol. The number of halogens is 2. The maximum Gasteiger partial charge on any atom is 0.336 e. The Morgan fingerprint density at radius 1 is 1.29 bits per heavy atom. The van der Waals surface area contributed by atoms with Crippen LogP contribution in [0.4, 0.5) is 10.1 Å². The average molecular weight is 357 g/mol. The molecule has 21 heavy (non-hydrogen) atoms. The van der Waals surface area contributed by atoms with Gasteiger partial charge in [-0.05, 0) is 47.4 Å². The van der Waals surface area contributed by atoms with Crippen LogP contribution in [0.25, 0.3) is 0 Å². The number of hydrogen-bond acceptors (Lipinski definition) is 3. The summed E-state index contributed by atoms with van der Waals surface area (Å²) in [6.07, 6.45) is 3.65. The van der Waals surface area contributed by atoms with E-state index in [0.717, 1.165) is 32.6 Å². The average Bonchev–Trinajstić information content (AvgIpc) is 2.49. The number of aromatic carboxylic acids is 1. The zero-order valence-electron chi connectivity index (χ0n) is 11.7. The first kappa shape index (κ1) is 14.8. The molecule has 3 rings (SSSR count). The van der Waals surface area contributed by atoms with Crippen molar-refractivity contribution < 1.29 is 14.3 Å². The van der Waals surface area contributed by atoms with E-state index >= 15 is 0 Å². The topological polar surface area (TPSA) is 43.8 Å². The molecule has 1 aromatic carbocycles. The van der Waals surface area contributed by atoms with E-state index in [9.17, 15) is 9.18 Å². The van der Waals surface area contributed by atoms with Crippen LogP contribution in [-0.4, -0.2) is 48.2 Å². The maximum atomic E-state index is 14.5. The molecule has 2 aliphatic heterocycles. The molecule has 2 saturated heterocycles. The molecule has 1 N–H and O–H groups in total. The quantitative estimate of drug-likeness (QED) is 0.884. The predicted octanol–water partition coefficient (Wildman–Crippen LogP) is 2.96. The first-order chi connectivity index (χ1) is 10.1. The van der Waals surface area contributed by atoms with Crippen molar-refractivity contribution in [2.75, 3.05) is 31.1 Å². The minimum absolute atomic E-state index is 0.0347. The number of rotatable bonds is 2. The van der Waals surface area contributed by atoms with Crippen LogP contribution in [-0.2, 0) is 0 Å². The van der Waals surface area contributed by atoms with Crippen molar-refractivity contribution in [2.24, 2.45) is 0 Å². The lowest BCUT2D eigenvalue weighted by atomic mass is 9.99. The van der Waals surface area contributed by atoms with Crippen molar-refractivity contribution in [3.63, 3.8) is 0 Å². The molecule has 1 unspecified atom stereocenters. The Labute approximate surface area is 131 Å². The third-order valence-corrected chi connectivity index (χ3v) is 5.25. The number of nitrogens with zero attached hydrogens (tertiary/aromatic N) is 2. The van der Waals surface area contributed by atoms with Crippen LogP contribution in [0.15, 0.2) is 16.6 Å². The highest BCUT2D eigenvalue weighted by atomic mass is 79.9. The Kier molecular flexibility index (Phi) is 4.17. The number of carbonyl (C=O) groups is 1. The van der Waals surface area contributed by atoms with Gasteiger partial charge in [0, 0.05) is 25.7 Å². The van der Waals surface area contributed by atoms with Crippen molar-refractivity contribution in [1.82, 2.24) is 4.90 Å². The molecule has 0 radical (unpaired) electrons. The summed E-state index contributed by atoms with van der Waals surface area (Å²) < 4.78 is 14.5. The molecule has 0 amide bonds. The number of carboxylic acid groups (broad SMARTS) is 1. The van der Waals surface area contributed by atoms with Gasteiger partial charge in [0.25, 0.3) is 0 Å². The Morgan fingerprint density at radius 2 is 2.10 bits per heavy atom. The largest absolute Gasteiger partial charge is 0.478 e. The fraction of sp³-hybridized carbons (Fsp3) is 0.533. The van der Waals surface area contributed by atoms with Gasteiger partial charge in [-0.15, -0.1) is 0 Å². The van der Waals surface area contributed by atoms with Gasteiger partial charge < -0.3 is 10.0 Å². The number of anilines is 1. The second kappa shape index (κ2) is 5.93. The molecule has 2 aliphatic rings.